The lowest BCUT2D eigenvalue weighted by molar-refractivity contribution is 0.906. The maximum Gasteiger partial charge on any atom is 0.0966 e. The van der Waals surface area contributed by atoms with E-state index in [9.17, 15) is 0 Å². The second-order valence-corrected chi connectivity index (χ2v) is 5.68. The van der Waals surface area contributed by atoms with Crippen LogP contribution in [0.3, 0.4) is 0 Å². The fraction of sp³-hybridized carbons (Fsp3) is 0.357. The Morgan fingerprint density at radius 1 is 1.47 bits per heavy atom. The predicted molar refractivity (Wildman–Crippen MR) is 72.0 cm³/mol. The molecule has 1 fully saturated rings. The number of aromatic nitrogens is 1. The third-order valence-electron chi connectivity index (χ3n) is 3.41. The number of thiazole rings is 1. The zero-order valence-corrected chi connectivity index (χ0v) is 10.7. The van der Waals surface area contributed by atoms with E-state index < -0.39 is 0 Å². The average Bonchev–Trinajstić information content (AvgIpc) is 2.92. The molecule has 1 aliphatic carbocycles. The van der Waals surface area contributed by atoms with Crippen molar-refractivity contribution >= 4 is 11.3 Å². The molecule has 0 radical (unpaired) electrons. The smallest absolute Gasteiger partial charge is 0.0966 e. The minimum Gasteiger partial charge on any atom is -0.326 e. The molecule has 2 atom stereocenters. The van der Waals surface area contributed by atoms with Crippen LogP contribution in [0.2, 0.25) is 0 Å². The third kappa shape index (κ3) is 2.13. The summed E-state index contributed by atoms with van der Waals surface area (Å²) in [5.41, 5.74) is 9.11. The number of nitrogens with zero attached hydrogens (tertiary/aromatic N) is 1. The van der Waals surface area contributed by atoms with Gasteiger partial charge in [0.25, 0.3) is 0 Å². The van der Waals surface area contributed by atoms with Gasteiger partial charge in [0, 0.05) is 23.4 Å². The molecule has 2 aromatic rings. The molecule has 1 aromatic carbocycles. The van der Waals surface area contributed by atoms with E-state index in [2.05, 4.69) is 36.6 Å². The van der Waals surface area contributed by atoms with Gasteiger partial charge in [-0.05, 0) is 24.0 Å². The molecule has 17 heavy (non-hydrogen) atoms. The fourth-order valence-corrected chi connectivity index (χ4v) is 3.19. The second-order valence-electron chi connectivity index (χ2n) is 4.79. The first-order valence-electron chi connectivity index (χ1n) is 6.02. The van der Waals surface area contributed by atoms with Gasteiger partial charge < -0.3 is 5.73 Å². The lowest BCUT2D eigenvalue weighted by atomic mass is 10.1. The molecule has 0 saturated heterocycles. The Hall–Kier alpha value is -1.19. The van der Waals surface area contributed by atoms with Gasteiger partial charge in [-0.2, -0.15) is 0 Å². The maximum atomic E-state index is 5.66. The van der Waals surface area contributed by atoms with Gasteiger partial charge in [-0.1, -0.05) is 25.1 Å². The largest absolute Gasteiger partial charge is 0.326 e. The highest BCUT2D eigenvalue weighted by Crippen LogP contribution is 2.48. The predicted octanol–water partition coefficient (Wildman–Crippen LogP) is 3.39. The molecule has 0 spiro atoms. The molecule has 1 aliphatic rings. The summed E-state index contributed by atoms with van der Waals surface area (Å²) in [7, 11) is 0. The van der Waals surface area contributed by atoms with Crippen LogP contribution >= 0.6 is 11.3 Å². The van der Waals surface area contributed by atoms with E-state index in [1.165, 1.54) is 17.0 Å². The van der Waals surface area contributed by atoms with Crippen molar-refractivity contribution in [2.45, 2.75) is 25.8 Å². The molecule has 0 amide bonds. The lowest BCUT2D eigenvalue weighted by Gasteiger charge is -2.00. The van der Waals surface area contributed by atoms with E-state index in [0.29, 0.717) is 12.5 Å². The van der Waals surface area contributed by atoms with Gasteiger partial charge in [-0.15, -0.1) is 11.3 Å². The molecule has 0 aliphatic heterocycles. The summed E-state index contributed by atoms with van der Waals surface area (Å²) in [6, 6.07) is 8.35. The summed E-state index contributed by atoms with van der Waals surface area (Å²) >= 11 is 1.79. The molecule has 2 nitrogen and oxygen atoms in total. The van der Waals surface area contributed by atoms with Crippen molar-refractivity contribution in [2.75, 3.05) is 0 Å². The molecule has 2 unspecified atom stereocenters. The maximum absolute atomic E-state index is 5.66. The number of nitrogens with two attached hydrogens (primary N) is 1. The molecular formula is C14H16N2S. The quantitative estimate of drug-likeness (QED) is 0.898. The summed E-state index contributed by atoms with van der Waals surface area (Å²) < 4.78 is 0. The molecule has 1 aromatic heterocycles. The molecule has 3 rings (SSSR count). The molecule has 1 heterocycles. The van der Waals surface area contributed by atoms with Gasteiger partial charge >= 0.3 is 0 Å². The van der Waals surface area contributed by atoms with Gasteiger partial charge in [0.1, 0.15) is 0 Å². The van der Waals surface area contributed by atoms with Crippen LogP contribution in [0.1, 0.15) is 29.8 Å². The van der Waals surface area contributed by atoms with Crippen LogP contribution in [0, 0.1) is 5.92 Å². The Morgan fingerprint density at radius 2 is 2.29 bits per heavy atom. The Labute approximate surface area is 106 Å². The van der Waals surface area contributed by atoms with E-state index in [1.807, 2.05) is 0 Å². The Bertz CT molecular complexity index is 533. The minimum absolute atomic E-state index is 0.588. The summed E-state index contributed by atoms with van der Waals surface area (Å²) in [6.07, 6.45) is 1.30. The summed E-state index contributed by atoms with van der Waals surface area (Å²) in [5, 5.41) is 3.46. The van der Waals surface area contributed by atoms with Gasteiger partial charge in [0.2, 0.25) is 0 Å². The zero-order valence-electron chi connectivity index (χ0n) is 9.89. The molecule has 0 bridgehead atoms. The highest BCUT2D eigenvalue weighted by atomic mass is 32.1. The highest BCUT2D eigenvalue weighted by Gasteiger charge is 2.36. The molecule has 1 saturated carbocycles. The summed E-state index contributed by atoms with van der Waals surface area (Å²) in [6.45, 7) is 2.88. The zero-order chi connectivity index (χ0) is 11.8. The van der Waals surface area contributed by atoms with Gasteiger partial charge in [0.15, 0.2) is 0 Å². The van der Waals surface area contributed by atoms with Crippen LogP contribution in [-0.2, 0) is 6.54 Å². The van der Waals surface area contributed by atoms with Crippen molar-refractivity contribution in [3.8, 4) is 11.3 Å². The van der Waals surface area contributed by atoms with Crippen LogP contribution in [0.25, 0.3) is 11.3 Å². The third-order valence-corrected chi connectivity index (χ3v) is 4.38. The Kier molecular flexibility index (Phi) is 2.73. The average molecular weight is 244 g/mol. The van der Waals surface area contributed by atoms with E-state index in [1.54, 1.807) is 11.3 Å². The second kappa shape index (κ2) is 4.24. The van der Waals surface area contributed by atoms with Crippen LogP contribution < -0.4 is 5.73 Å². The minimum atomic E-state index is 0.588. The number of hydrogen-bond donors (Lipinski definition) is 1. The van der Waals surface area contributed by atoms with Crippen molar-refractivity contribution < 1.29 is 0 Å². The molecule has 3 heteroatoms. The van der Waals surface area contributed by atoms with Crippen LogP contribution in [0.5, 0.6) is 0 Å². The first-order chi connectivity index (χ1) is 8.28. The Morgan fingerprint density at radius 3 is 3.00 bits per heavy atom. The van der Waals surface area contributed by atoms with E-state index in [0.717, 1.165) is 17.2 Å². The van der Waals surface area contributed by atoms with Crippen LogP contribution in [-0.4, -0.2) is 4.98 Å². The first kappa shape index (κ1) is 10.9. The van der Waals surface area contributed by atoms with Crippen molar-refractivity contribution in [1.82, 2.24) is 4.98 Å². The topological polar surface area (TPSA) is 38.9 Å². The van der Waals surface area contributed by atoms with Crippen molar-refractivity contribution in [2.24, 2.45) is 11.7 Å². The number of benzene rings is 1. The monoisotopic (exact) mass is 244 g/mol. The van der Waals surface area contributed by atoms with E-state index >= 15 is 0 Å². The molecular weight excluding hydrogens is 228 g/mol. The molecule has 2 N–H and O–H groups in total. The van der Waals surface area contributed by atoms with E-state index in [4.69, 9.17) is 10.7 Å². The number of hydrogen-bond acceptors (Lipinski definition) is 3. The number of rotatable bonds is 3. The fourth-order valence-electron chi connectivity index (χ4n) is 2.11. The first-order valence-corrected chi connectivity index (χ1v) is 6.90. The van der Waals surface area contributed by atoms with Crippen LogP contribution in [0.4, 0.5) is 0 Å². The van der Waals surface area contributed by atoms with Crippen LogP contribution in [0.15, 0.2) is 29.6 Å². The van der Waals surface area contributed by atoms with Crippen molar-refractivity contribution in [1.29, 1.82) is 0 Å². The highest BCUT2D eigenvalue weighted by molar-refractivity contribution is 7.10. The molecule has 88 valence electrons. The lowest BCUT2D eigenvalue weighted by Crippen LogP contribution is -1.95. The normalized spacial score (nSPS) is 22.7. The summed E-state index contributed by atoms with van der Waals surface area (Å²) in [5.74, 6) is 1.54. The van der Waals surface area contributed by atoms with Gasteiger partial charge in [0.05, 0.1) is 10.7 Å². The SMILES string of the molecule is CC1CC1c1nc(-c2cccc(CN)c2)cs1. The van der Waals surface area contributed by atoms with Gasteiger partial charge in [-0.3, -0.25) is 0 Å². The van der Waals surface area contributed by atoms with Gasteiger partial charge in [-0.25, -0.2) is 4.98 Å². The standard InChI is InChI=1S/C14H16N2S/c1-9-5-12(9)14-16-13(8-17-14)11-4-2-3-10(6-11)7-15/h2-4,6,8-9,12H,5,7,15H2,1H3. The van der Waals surface area contributed by atoms with Crippen molar-refractivity contribution in [3.05, 3.63) is 40.2 Å². The summed E-state index contributed by atoms with van der Waals surface area (Å²) in [4.78, 5) is 4.75. The van der Waals surface area contributed by atoms with Crippen molar-refractivity contribution in [3.63, 3.8) is 0 Å². The van der Waals surface area contributed by atoms with E-state index in [-0.39, 0.29) is 0 Å². The Balaban J connectivity index is 1.90.